The molecule has 8 heteroatoms. The molecule has 3 aromatic rings. The second-order valence-corrected chi connectivity index (χ2v) is 9.53. The summed E-state index contributed by atoms with van der Waals surface area (Å²) < 4.78 is 10.5. The van der Waals surface area contributed by atoms with Gasteiger partial charge in [-0.25, -0.2) is 4.79 Å². The molecule has 0 atom stereocenters. The zero-order chi connectivity index (χ0) is 24.9. The first-order chi connectivity index (χ1) is 16.9. The summed E-state index contributed by atoms with van der Waals surface area (Å²) in [5, 5.41) is 5.39. The Balaban J connectivity index is 1.44. The lowest BCUT2D eigenvalue weighted by atomic mass is 9.97. The van der Waals surface area contributed by atoms with Crippen LogP contribution < -0.4 is 15.0 Å². The first kappa shape index (κ1) is 24.8. The van der Waals surface area contributed by atoms with Crippen molar-refractivity contribution in [1.29, 1.82) is 0 Å². The molecule has 1 saturated heterocycles. The highest BCUT2D eigenvalue weighted by molar-refractivity contribution is 7.15. The lowest BCUT2D eigenvalue weighted by molar-refractivity contribution is -0.117. The van der Waals surface area contributed by atoms with Crippen LogP contribution in [0.3, 0.4) is 0 Å². The number of carbonyl (C=O) groups excluding carboxylic acids is 2. The summed E-state index contributed by atoms with van der Waals surface area (Å²) >= 11 is 1.35. The minimum atomic E-state index is -0.456. The summed E-state index contributed by atoms with van der Waals surface area (Å²) in [6.07, 6.45) is 0. The van der Waals surface area contributed by atoms with Gasteiger partial charge >= 0.3 is 5.97 Å². The van der Waals surface area contributed by atoms with Gasteiger partial charge in [0.2, 0.25) is 5.91 Å². The van der Waals surface area contributed by atoms with E-state index >= 15 is 0 Å². The lowest BCUT2D eigenvalue weighted by Crippen LogP contribution is -2.48. The summed E-state index contributed by atoms with van der Waals surface area (Å²) in [6.45, 7) is 7.41. The smallest absolute Gasteiger partial charge is 0.341 e. The van der Waals surface area contributed by atoms with E-state index in [0.717, 1.165) is 59.9 Å². The van der Waals surface area contributed by atoms with Crippen LogP contribution in [-0.4, -0.2) is 63.7 Å². The average Bonchev–Trinajstić information content (AvgIpc) is 3.28. The fraction of sp³-hybridized carbons (Fsp3) is 0.333. The third-order valence-electron chi connectivity index (χ3n) is 6.28. The minimum absolute atomic E-state index is 0.143. The maximum Gasteiger partial charge on any atom is 0.341 e. The van der Waals surface area contributed by atoms with Crippen molar-refractivity contribution in [3.8, 4) is 16.9 Å². The predicted molar refractivity (Wildman–Crippen MR) is 141 cm³/mol. The second-order valence-electron chi connectivity index (χ2n) is 8.65. The lowest BCUT2D eigenvalue weighted by Gasteiger charge is -2.36. The highest BCUT2D eigenvalue weighted by Crippen LogP contribution is 2.38. The SMILES string of the molecule is COC(=O)c1c(-c2cc(C)ccc2C)csc1NC(=O)CN1CCN(c2ccccc2OC)CC1. The van der Waals surface area contributed by atoms with Crippen molar-refractivity contribution in [1.82, 2.24) is 4.90 Å². The van der Waals surface area contributed by atoms with E-state index in [4.69, 9.17) is 9.47 Å². The van der Waals surface area contributed by atoms with Gasteiger partial charge in [0.05, 0.1) is 26.5 Å². The predicted octanol–water partition coefficient (Wildman–Crippen LogP) is 4.59. The van der Waals surface area contributed by atoms with Gasteiger partial charge in [0.25, 0.3) is 0 Å². The van der Waals surface area contributed by atoms with Gasteiger partial charge in [0.1, 0.15) is 16.3 Å². The fourth-order valence-corrected chi connectivity index (χ4v) is 5.35. The maximum atomic E-state index is 12.9. The third-order valence-corrected chi connectivity index (χ3v) is 7.18. The molecule has 1 amide bonds. The Labute approximate surface area is 210 Å². The Morgan fingerprint density at radius 1 is 1.00 bits per heavy atom. The number of nitrogens with one attached hydrogen (secondary N) is 1. The monoisotopic (exact) mass is 493 g/mol. The fourth-order valence-electron chi connectivity index (χ4n) is 4.39. The molecule has 184 valence electrons. The number of para-hydroxylation sites is 2. The number of hydrogen-bond acceptors (Lipinski definition) is 7. The summed E-state index contributed by atoms with van der Waals surface area (Å²) in [4.78, 5) is 30.0. The number of esters is 1. The summed E-state index contributed by atoms with van der Waals surface area (Å²) in [7, 11) is 3.04. The summed E-state index contributed by atoms with van der Waals surface area (Å²) in [5.41, 5.74) is 5.38. The number of rotatable bonds is 7. The topological polar surface area (TPSA) is 71.1 Å². The Morgan fingerprint density at radius 2 is 1.74 bits per heavy atom. The number of benzene rings is 2. The van der Waals surface area contributed by atoms with Crippen LogP contribution in [0.25, 0.3) is 11.1 Å². The van der Waals surface area contributed by atoms with Crippen LogP contribution in [0, 0.1) is 13.8 Å². The highest BCUT2D eigenvalue weighted by atomic mass is 32.1. The first-order valence-corrected chi connectivity index (χ1v) is 12.5. The molecule has 2 aromatic carbocycles. The molecule has 0 radical (unpaired) electrons. The number of nitrogens with zero attached hydrogens (tertiary/aromatic N) is 2. The Kier molecular flexibility index (Phi) is 7.73. The van der Waals surface area contributed by atoms with E-state index in [9.17, 15) is 9.59 Å². The Morgan fingerprint density at radius 3 is 2.46 bits per heavy atom. The molecule has 1 fully saturated rings. The Hall–Kier alpha value is -3.36. The van der Waals surface area contributed by atoms with Crippen molar-refractivity contribution in [2.75, 3.05) is 57.2 Å². The maximum absolute atomic E-state index is 12.9. The molecule has 0 saturated carbocycles. The average molecular weight is 494 g/mol. The van der Waals surface area contributed by atoms with E-state index in [1.807, 2.05) is 49.6 Å². The summed E-state index contributed by atoms with van der Waals surface area (Å²) in [5.74, 6) is 0.254. The molecule has 35 heavy (non-hydrogen) atoms. The molecule has 0 bridgehead atoms. The van der Waals surface area contributed by atoms with Crippen molar-refractivity contribution in [3.05, 3.63) is 64.5 Å². The van der Waals surface area contributed by atoms with Gasteiger partial charge in [-0.15, -0.1) is 11.3 Å². The van der Waals surface area contributed by atoms with Crippen LogP contribution in [0.4, 0.5) is 10.7 Å². The van der Waals surface area contributed by atoms with E-state index in [1.165, 1.54) is 18.4 Å². The van der Waals surface area contributed by atoms with Crippen molar-refractivity contribution in [3.63, 3.8) is 0 Å². The van der Waals surface area contributed by atoms with Gasteiger partial charge < -0.3 is 19.7 Å². The van der Waals surface area contributed by atoms with Crippen LogP contribution in [0.5, 0.6) is 5.75 Å². The van der Waals surface area contributed by atoms with Crippen molar-refractivity contribution in [2.45, 2.75) is 13.8 Å². The van der Waals surface area contributed by atoms with Gasteiger partial charge in [0, 0.05) is 37.1 Å². The van der Waals surface area contributed by atoms with Gasteiger partial charge in [-0.05, 0) is 37.1 Å². The zero-order valence-corrected chi connectivity index (χ0v) is 21.4. The van der Waals surface area contributed by atoms with E-state index in [-0.39, 0.29) is 12.5 Å². The van der Waals surface area contributed by atoms with Crippen LogP contribution in [0.2, 0.25) is 0 Å². The number of thiophene rings is 1. The quantitative estimate of drug-likeness (QED) is 0.486. The molecule has 1 aliphatic heterocycles. The molecule has 1 aliphatic rings. The number of piperazine rings is 1. The van der Waals surface area contributed by atoms with Crippen LogP contribution in [0.1, 0.15) is 21.5 Å². The van der Waals surface area contributed by atoms with Crippen LogP contribution in [-0.2, 0) is 9.53 Å². The standard InChI is InChI=1S/C27H31N3O4S/c1-18-9-10-19(2)20(15-18)21-17-35-26(25(21)27(32)34-4)28-24(31)16-29-11-13-30(14-12-29)22-7-5-6-8-23(22)33-3/h5-10,15,17H,11-14,16H2,1-4H3,(H,28,31). The van der Waals surface area contributed by atoms with Gasteiger partial charge in [-0.2, -0.15) is 0 Å². The number of ether oxygens (including phenoxy) is 2. The van der Waals surface area contributed by atoms with E-state index < -0.39 is 5.97 Å². The number of aryl methyl sites for hydroxylation is 2. The number of carbonyl (C=O) groups is 2. The number of methoxy groups -OCH3 is 2. The molecule has 1 aromatic heterocycles. The van der Waals surface area contributed by atoms with Gasteiger partial charge in [-0.1, -0.05) is 35.9 Å². The van der Waals surface area contributed by atoms with E-state index in [0.29, 0.717) is 10.6 Å². The number of anilines is 2. The molecule has 2 heterocycles. The number of amides is 1. The van der Waals surface area contributed by atoms with Crippen LogP contribution in [0.15, 0.2) is 47.8 Å². The molecular weight excluding hydrogens is 462 g/mol. The molecule has 0 aliphatic carbocycles. The highest BCUT2D eigenvalue weighted by Gasteiger charge is 2.25. The van der Waals surface area contributed by atoms with Crippen molar-refractivity contribution < 1.29 is 19.1 Å². The molecule has 7 nitrogen and oxygen atoms in total. The van der Waals surface area contributed by atoms with Gasteiger partial charge in [0.15, 0.2) is 0 Å². The van der Waals surface area contributed by atoms with Crippen molar-refractivity contribution >= 4 is 33.9 Å². The van der Waals surface area contributed by atoms with Crippen LogP contribution >= 0.6 is 11.3 Å². The van der Waals surface area contributed by atoms with E-state index in [1.54, 1.807) is 7.11 Å². The number of hydrogen-bond donors (Lipinski definition) is 1. The minimum Gasteiger partial charge on any atom is -0.495 e. The van der Waals surface area contributed by atoms with E-state index in [2.05, 4.69) is 27.2 Å². The largest absolute Gasteiger partial charge is 0.495 e. The van der Waals surface area contributed by atoms with Crippen molar-refractivity contribution in [2.24, 2.45) is 0 Å². The molecular formula is C27H31N3O4S. The molecule has 4 rings (SSSR count). The molecule has 1 N–H and O–H groups in total. The summed E-state index contributed by atoms with van der Waals surface area (Å²) in [6, 6.07) is 14.1. The first-order valence-electron chi connectivity index (χ1n) is 11.6. The zero-order valence-electron chi connectivity index (χ0n) is 20.6. The normalized spacial score (nSPS) is 14.0. The van der Waals surface area contributed by atoms with Gasteiger partial charge in [-0.3, -0.25) is 9.69 Å². The molecule has 0 unspecified atom stereocenters. The Bertz CT molecular complexity index is 1210. The second kappa shape index (κ2) is 10.9. The third kappa shape index (κ3) is 5.49. The molecule has 0 spiro atoms.